The van der Waals surface area contributed by atoms with Gasteiger partial charge in [-0.25, -0.2) is 0 Å². The van der Waals surface area contributed by atoms with Crippen LogP contribution in [0.2, 0.25) is 0 Å². The minimum atomic E-state index is -1.73. The molecule has 1 aliphatic rings. The van der Waals surface area contributed by atoms with E-state index >= 15 is 0 Å². The highest BCUT2D eigenvalue weighted by molar-refractivity contribution is 5.99. The highest BCUT2D eigenvalue weighted by atomic mass is 16.6. The zero-order valence-corrected chi connectivity index (χ0v) is 21.6. The van der Waals surface area contributed by atoms with Crippen LogP contribution in [0.1, 0.15) is 46.9 Å². The standard InChI is InChI=1S/C28H30O12/c1-37-21-12-19(30)16(18(29)4-2-14-3-5-20-15(10-14)8-9-38-20)11-17(21)28-27(36)26(35)25(34)22(40-28)13-39-24(33)7-6-23(31)32/h3,5,8-12,22,25-28,30,34-36H,2,4,6-7,13H2,1H3,(H,31,32). The lowest BCUT2D eigenvalue weighted by Crippen LogP contribution is -2.55. The molecule has 3 aromatic rings. The highest BCUT2D eigenvalue weighted by Crippen LogP contribution is 2.40. The van der Waals surface area contributed by atoms with E-state index in [1.165, 1.54) is 19.2 Å². The van der Waals surface area contributed by atoms with Crippen molar-refractivity contribution in [2.24, 2.45) is 0 Å². The number of ketones is 1. The average Bonchev–Trinajstić information content (AvgIpc) is 3.41. The molecule has 0 radical (unpaired) electrons. The van der Waals surface area contributed by atoms with E-state index in [-0.39, 0.29) is 29.0 Å². The molecule has 1 aromatic heterocycles. The molecular weight excluding hydrogens is 528 g/mol. The van der Waals surface area contributed by atoms with Gasteiger partial charge in [0.25, 0.3) is 0 Å². The van der Waals surface area contributed by atoms with Crippen molar-refractivity contribution in [3.05, 3.63) is 59.4 Å². The number of aromatic hydroxyl groups is 1. The molecule has 214 valence electrons. The molecule has 0 saturated carbocycles. The van der Waals surface area contributed by atoms with E-state index in [9.17, 15) is 34.8 Å². The largest absolute Gasteiger partial charge is 0.507 e. The molecule has 12 nitrogen and oxygen atoms in total. The second-order valence-electron chi connectivity index (χ2n) is 9.47. The van der Waals surface area contributed by atoms with Crippen molar-refractivity contribution in [2.45, 2.75) is 56.2 Å². The molecule has 1 saturated heterocycles. The predicted octanol–water partition coefficient (Wildman–Crippen LogP) is 1.89. The zero-order valence-electron chi connectivity index (χ0n) is 21.6. The third-order valence-corrected chi connectivity index (χ3v) is 6.78. The van der Waals surface area contributed by atoms with E-state index in [4.69, 9.17) is 23.7 Å². The first-order valence-corrected chi connectivity index (χ1v) is 12.6. The fraction of sp³-hybridized carbons (Fsp3) is 0.393. The second-order valence-corrected chi connectivity index (χ2v) is 9.47. The van der Waals surface area contributed by atoms with Crippen LogP contribution in [0.15, 0.2) is 47.1 Å². The molecule has 0 spiro atoms. The molecule has 0 bridgehead atoms. The molecule has 12 heteroatoms. The maximum absolute atomic E-state index is 13.1. The van der Waals surface area contributed by atoms with Crippen molar-refractivity contribution >= 4 is 28.7 Å². The number of benzene rings is 2. The molecule has 5 unspecified atom stereocenters. The number of esters is 1. The number of hydrogen-bond donors (Lipinski definition) is 5. The lowest BCUT2D eigenvalue weighted by atomic mass is 9.89. The Morgan fingerprint density at radius 3 is 2.45 bits per heavy atom. The Hall–Kier alpha value is -3.97. The van der Waals surface area contributed by atoms with Crippen molar-refractivity contribution in [1.29, 1.82) is 0 Å². The van der Waals surface area contributed by atoms with Crippen LogP contribution in [0.25, 0.3) is 11.0 Å². The van der Waals surface area contributed by atoms with Crippen LogP contribution in [0.3, 0.4) is 0 Å². The highest BCUT2D eigenvalue weighted by Gasteiger charge is 2.46. The van der Waals surface area contributed by atoms with Crippen LogP contribution >= 0.6 is 0 Å². The third-order valence-electron chi connectivity index (χ3n) is 6.78. The molecule has 5 N–H and O–H groups in total. The molecule has 4 rings (SSSR count). The summed E-state index contributed by atoms with van der Waals surface area (Å²) < 4.78 is 21.4. The van der Waals surface area contributed by atoms with Gasteiger partial charge in [0.05, 0.1) is 31.8 Å². The maximum atomic E-state index is 13.1. The number of furan rings is 1. The van der Waals surface area contributed by atoms with Gasteiger partial charge in [-0.2, -0.15) is 0 Å². The number of carboxylic acid groups (broad SMARTS) is 1. The number of aliphatic carboxylic acids is 1. The number of ether oxygens (including phenoxy) is 3. The smallest absolute Gasteiger partial charge is 0.306 e. The number of Topliss-reactive ketones (excluding diaryl/α,β-unsaturated/α-hetero) is 1. The molecule has 0 amide bonds. The second kappa shape index (κ2) is 12.5. The van der Waals surface area contributed by atoms with Crippen LogP contribution in [-0.4, -0.2) is 81.4 Å². The summed E-state index contributed by atoms with van der Waals surface area (Å²) in [6.45, 7) is -0.535. The van der Waals surface area contributed by atoms with Crippen LogP contribution in [0.4, 0.5) is 0 Å². The third kappa shape index (κ3) is 6.42. The number of hydrogen-bond acceptors (Lipinski definition) is 11. The molecule has 0 aliphatic carbocycles. The first-order chi connectivity index (χ1) is 19.1. The van der Waals surface area contributed by atoms with Crippen LogP contribution in [0, 0.1) is 0 Å². The minimum Gasteiger partial charge on any atom is -0.507 e. The Morgan fingerprint density at radius 2 is 1.73 bits per heavy atom. The van der Waals surface area contributed by atoms with E-state index in [0.29, 0.717) is 6.42 Å². The summed E-state index contributed by atoms with van der Waals surface area (Å²) in [5, 5.41) is 51.8. The van der Waals surface area contributed by atoms with Crippen molar-refractivity contribution in [3.8, 4) is 11.5 Å². The summed E-state index contributed by atoms with van der Waals surface area (Å²) in [5.74, 6) is -2.75. The number of phenols is 1. The van der Waals surface area contributed by atoms with Gasteiger partial charge in [-0.15, -0.1) is 0 Å². The predicted molar refractivity (Wildman–Crippen MR) is 137 cm³/mol. The Bertz CT molecular complexity index is 1380. The summed E-state index contributed by atoms with van der Waals surface area (Å²) in [5.41, 5.74) is 1.66. The molecule has 1 fully saturated rings. The lowest BCUT2D eigenvalue weighted by molar-refractivity contribution is -0.234. The van der Waals surface area contributed by atoms with E-state index < -0.39 is 67.7 Å². The van der Waals surface area contributed by atoms with Crippen molar-refractivity contribution < 1.29 is 58.5 Å². The number of carbonyl (C=O) groups is 3. The van der Waals surface area contributed by atoms with Gasteiger partial charge in [0.1, 0.15) is 54.2 Å². The van der Waals surface area contributed by atoms with Gasteiger partial charge in [0.2, 0.25) is 0 Å². The van der Waals surface area contributed by atoms with E-state index in [2.05, 4.69) is 0 Å². The quantitative estimate of drug-likeness (QED) is 0.170. The van der Waals surface area contributed by atoms with Crippen LogP contribution in [-0.2, 0) is 25.5 Å². The number of rotatable bonds is 11. The Labute approximate surface area is 228 Å². The van der Waals surface area contributed by atoms with E-state index in [0.717, 1.165) is 16.5 Å². The zero-order chi connectivity index (χ0) is 29.0. The number of aliphatic hydroxyl groups excluding tert-OH is 3. The fourth-order valence-corrected chi connectivity index (χ4v) is 4.57. The lowest BCUT2D eigenvalue weighted by Gasteiger charge is -2.41. The van der Waals surface area contributed by atoms with Gasteiger partial charge in [-0.3, -0.25) is 14.4 Å². The summed E-state index contributed by atoms with van der Waals surface area (Å²) in [6, 6.07) is 9.84. The van der Waals surface area contributed by atoms with Gasteiger partial charge < -0.3 is 44.2 Å². The van der Waals surface area contributed by atoms with Crippen molar-refractivity contribution in [3.63, 3.8) is 0 Å². The Balaban J connectivity index is 1.52. The van der Waals surface area contributed by atoms with E-state index in [1.54, 1.807) is 12.3 Å². The fourth-order valence-electron chi connectivity index (χ4n) is 4.57. The number of fused-ring (bicyclic) bond motifs is 1. The van der Waals surface area contributed by atoms with Crippen molar-refractivity contribution in [1.82, 2.24) is 0 Å². The molecule has 5 atom stereocenters. The topological polar surface area (TPSA) is 193 Å². The van der Waals surface area contributed by atoms with Gasteiger partial charge in [0.15, 0.2) is 5.78 Å². The maximum Gasteiger partial charge on any atom is 0.306 e. The van der Waals surface area contributed by atoms with Gasteiger partial charge in [-0.05, 0) is 36.2 Å². The normalized spacial score (nSPS) is 22.6. The number of phenolic OH excluding ortho intramolecular Hbond substituents is 1. The molecule has 2 heterocycles. The Morgan fingerprint density at radius 1 is 0.950 bits per heavy atom. The van der Waals surface area contributed by atoms with Gasteiger partial charge in [-0.1, -0.05) is 6.07 Å². The number of aliphatic hydroxyl groups is 3. The van der Waals surface area contributed by atoms with Crippen LogP contribution < -0.4 is 4.74 Å². The number of carboxylic acids is 1. The van der Waals surface area contributed by atoms with E-state index in [1.807, 2.05) is 18.2 Å². The summed E-state index contributed by atoms with van der Waals surface area (Å²) in [7, 11) is 1.30. The monoisotopic (exact) mass is 558 g/mol. The molecule has 2 aromatic carbocycles. The summed E-state index contributed by atoms with van der Waals surface area (Å²) in [6.07, 6.45) is -6.53. The average molecular weight is 559 g/mol. The Kier molecular flexibility index (Phi) is 9.05. The van der Waals surface area contributed by atoms with Gasteiger partial charge >= 0.3 is 11.9 Å². The summed E-state index contributed by atoms with van der Waals surface area (Å²) >= 11 is 0. The minimum absolute atomic E-state index is 0.0457. The summed E-state index contributed by atoms with van der Waals surface area (Å²) in [4.78, 5) is 35.6. The first-order valence-electron chi connectivity index (χ1n) is 12.6. The van der Waals surface area contributed by atoms with Crippen molar-refractivity contribution in [2.75, 3.05) is 13.7 Å². The van der Waals surface area contributed by atoms with Crippen LogP contribution in [0.5, 0.6) is 11.5 Å². The number of aryl methyl sites for hydroxylation is 1. The first kappa shape index (κ1) is 29.0. The molecule has 40 heavy (non-hydrogen) atoms. The number of carbonyl (C=O) groups excluding carboxylic acids is 2. The van der Waals surface area contributed by atoms with Gasteiger partial charge in [0, 0.05) is 23.4 Å². The molecule has 1 aliphatic heterocycles. The molecular formula is C28H30O12. The SMILES string of the molecule is COc1cc(O)c(C(=O)CCc2ccc3occc3c2)cc1C1OC(COC(=O)CCC(=O)O)C(O)C(O)C1O. The number of methoxy groups -OCH3 is 1.